The zero-order chi connectivity index (χ0) is 14.2. The molecule has 0 unspecified atom stereocenters. The number of hydrogen-bond donors (Lipinski definition) is 0. The van der Waals surface area contributed by atoms with E-state index in [0.29, 0.717) is 10.6 Å². The molecule has 19 heavy (non-hydrogen) atoms. The average molecular weight is 342 g/mol. The number of carbonyl (C=O) groups excluding carboxylic acids is 1. The topological polar surface area (TPSA) is 17.1 Å². The lowest BCUT2D eigenvalue weighted by Gasteiger charge is -2.09. The highest BCUT2D eigenvalue weighted by atomic mass is 79.9. The third-order valence-corrected chi connectivity index (χ3v) is 3.95. The molecule has 0 aliphatic rings. The monoisotopic (exact) mass is 340 g/mol. The second-order valence-corrected chi connectivity index (χ2v) is 5.61. The Morgan fingerprint density at radius 2 is 1.79 bits per heavy atom. The minimum absolute atomic E-state index is 0.0135. The molecule has 0 radical (unpaired) electrons. The lowest BCUT2D eigenvalue weighted by molar-refractivity contribution is 0.103. The SMILES string of the molecule is Cc1cc(Cl)c(C(=O)c2cccc(Br)c2F)cc1C. The normalized spacial score (nSPS) is 10.6. The van der Waals surface area contributed by atoms with Crippen molar-refractivity contribution in [1.29, 1.82) is 0 Å². The van der Waals surface area contributed by atoms with Crippen molar-refractivity contribution in [3.05, 3.63) is 67.9 Å². The van der Waals surface area contributed by atoms with Gasteiger partial charge in [-0.3, -0.25) is 4.79 Å². The van der Waals surface area contributed by atoms with E-state index in [2.05, 4.69) is 15.9 Å². The molecule has 0 amide bonds. The number of ketones is 1. The summed E-state index contributed by atoms with van der Waals surface area (Å²) < 4.78 is 14.2. The first kappa shape index (κ1) is 14.2. The van der Waals surface area contributed by atoms with Gasteiger partial charge in [0.25, 0.3) is 0 Å². The second-order valence-electron chi connectivity index (χ2n) is 4.35. The first-order valence-electron chi connectivity index (χ1n) is 5.67. The number of aryl methyl sites for hydroxylation is 2. The summed E-state index contributed by atoms with van der Waals surface area (Å²) in [5.74, 6) is -0.978. The predicted octanol–water partition coefficient (Wildman–Crippen LogP) is 5.09. The van der Waals surface area contributed by atoms with Crippen molar-refractivity contribution >= 4 is 33.3 Å². The van der Waals surface area contributed by atoms with Gasteiger partial charge in [-0.15, -0.1) is 0 Å². The van der Waals surface area contributed by atoms with Gasteiger partial charge >= 0.3 is 0 Å². The Balaban J connectivity index is 2.56. The van der Waals surface area contributed by atoms with E-state index < -0.39 is 11.6 Å². The molecule has 0 bridgehead atoms. The van der Waals surface area contributed by atoms with Crippen LogP contribution in [0.1, 0.15) is 27.0 Å². The van der Waals surface area contributed by atoms with Gasteiger partial charge in [-0.05, 0) is 65.2 Å². The van der Waals surface area contributed by atoms with Crippen molar-refractivity contribution in [2.45, 2.75) is 13.8 Å². The van der Waals surface area contributed by atoms with Crippen LogP contribution in [0.2, 0.25) is 5.02 Å². The minimum atomic E-state index is -0.568. The highest BCUT2D eigenvalue weighted by Gasteiger charge is 2.18. The molecule has 98 valence electrons. The van der Waals surface area contributed by atoms with Crippen LogP contribution in [0.3, 0.4) is 0 Å². The quantitative estimate of drug-likeness (QED) is 0.695. The van der Waals surface area contributed by atoms with Crippen molar-refractivity contribution < 1.29 is 9.18 Å². The Hall–Kier alpha value is -1.19. The van der Waals surface area contributed by atoms with Crippen LogP contribution in [0.4, 0.5) is 4.39 Å². The Morgan fingerprint density at radius 1 is 1.16 bits per heavy atom. The van der Waals surface area contributed by atoms with Crippen LogP contribution in [-0.4, -0.2) is 5.78 Å². The molecule has 4 heteroatoms. The van der Waals surface area contributed by atoms with Gasteiger partial charge in [0.15, 0.2) is 5.78 Å². The Labute approximate surface area is 124 Å². The standard InChI is InChI=1S/C15H11BrClFO/c1-8-6-11(13(17)7-9(8)2)15(19)10-4-3-5-12(16)14(10)18/h3-7H,1-2H3. The van der Waals surface area contributed by atoms with E-state index in [4.69, 9.17) is 11.6 Å². The fourth-order valence-electron chi connectivity index (χ4n) is 1.78. The third-order valence-electron chi connectivity index (χ3n) is 3.02. The molecule has 0 saturated heterocycles. The maximum absolute atomic E-state index is 13.9. The van der Waals surface area contributed by atoms with Crippen LogP contribution < -0.4 is 0 Å². The molecule has 0 atom stereocenters. The molecule has 1 nitrogen and oxygen atoms in total. The Bertz CT molecular complexity index is 667. The molecule has 0 aromatic heterocycles. The van der Waals surface area contributed by atoms with Crippen molar-refractivity contribution in [3.8, 4) is 0 Å². The van der Waals surface area contributed by atoms with Crippen LogP contribution >= 0.6 is 27.5 Å². The second kappa shape index (κ2) is 5.43. The summed E-state index contributed by atoms with van der Waals surface area (Å²) >= 11 is 9.15. The molecule has 2 rings (SSSR count). The van der Waals surface area contributed by atoms with Crippen molar-refractivity contribution in [3.63, 3.8) is 0 Å². The molecule has 2 aromatic rings. The largest absolute Gasteiger partial charge is 0.288 e. The maximum Gasteiger partial charge on any atom is 0.197 e. The van der Waals surface area contributed by atoms with Crippen LogP contribution in [0, 0.1) is 19.7 Å². The van der Waals surface area contributed by atoms with Gasteiger partial charge in [0, 0.05) is 5.56 Å². The van der Waals surface area contributed by atoms with E-state index >= 15 is 0 Å². The van der Waals surface area contributed by atoms with Crippen molar-refractivity contribution in [1.82, 2.24) is 0 Å². The molecule has 0 heterocycles. The highest BCUT2D eigenvalue weighted by Crippen LogP contribution is 2.26. The van der Waals surface area contributed by atoms with Gasteiger partial charge in [0.1, 0.15) is 5.82 Å². The van der Waals surface area contributed by atoms with Gasteiger partial charge in [0.05, 0.1) is 15.1 Å². The molecule has 0 spiro atoms. The summed E-state index contributed by atoms with van der Waals surface area (Å²) in [7, 11) is 0. The van der Waals surface area contributed by atoms with Gasteiger partial charge in [-0.25, -0.2) is 4.39 Å². The molecule has 0 fully saturated rings. The van der Waals surface area contributed by atoms with Crippen LogP contribution in [-0.2, 0) is 0 Å². The van der Waals surface area contributed by atoms with Crippen LogP contribution in [0.15, 0.2) is 34.8 Å². The molecule has 0 aliphatic carbocycles. The van der Waals surface area contributed by atoms with Gasteiger partial charge < -0.3 is 0 Å². The van der Waals surface area contributed by atoms with Crippen molar-refractivity contribution in [2.75, 3.05) is 0 Å². The maximum atomic E-state index is 13.9. The number of rotatable bonds is 2. The van der Waals surface area contributed by atoms with Gasteiger partial charge in [0.2, 0.25) is 0 Å². The summed E-state index contributed by atoms with van der Waals surface area (Å²) in [5, 5.41) is 0.340. The van der Waals surface area contributed by atoms with E-state index in [-0.39, 0.29) is 10.0 Å². The third kappa shape index (κ3) is 2.72. The summed E-state index contributed by atoms with van der Waals surface area (Å²) in [6.45, 7) is 3.80. The van der Waals surface area contributed by atoms with E-state index in [1.54, 1.807) is 24.3 Å². The molecule has 2 aromatic carbocycles. The molecular weight excluding hydrogens is 331 g/mol. The minimum Gasteiger partial charge on any atom is -0.288 e. The fraction of sp³-hybridized carbons (Fsp3) is 0.133. The fourth-order valence-corrected chi connectivity index (χ4v) is 2.45. The first-order valence-corrected chi connectivity index (χ1v) is 6.84. The van der Waals surface area contributed by atoms with Gasteiger partial charge in [-0.2, -0.15) is 0 Å². The molecule has 0 aliphatic heterocycles. The smallest absolute Gasteiger partial charge is 0.197 e. The summed E-state index contributed by atoms with van der Waals surface area (Å²) in [6.07, 6.45) is 0. The van der Waals surface area contributed by atoms with E-state index in [0.717, 1.165) is 11.1 Å². The predicted molar refractivity (Wildman–Crippen MR) is 78.5 cm³/mol. The number of hydrogen-bond acceptors (Lipinski definition) is 1. The van der Waals surface area contributed by atoms with Gasteiger partial charge in [-0.1, -0.05) is 17.7 Å². The van der Waals surface area contributed by atoms with Crippen LogP contribution in [0.25, 0.3) is 0 Å². The lowest BCUT2D eigenvalue weighted by atomic mass is 9.99. The van der Waals surface area contributed by atoms with Crippen LogP contribution in [0.5, 0.6) is 0 Å². The Kier molecular flexibility index (Phi) is 4.07. The number of benzene rings is 2. The zero-order valence-corrected chi connectivity index (χ0v) is 12.8. The first-order chi connectivity index (χ1) is 8.91. The molecular formula is C15H11BrClFO. The summed E-state index contributed by atoms with van der Waals surface area (Å²) in [4.78, 5) is 12.4. The zero-order valence-electron chi connectivity index (χ0n) is 10.4. The molecule has 0 N–H and O–H groups in total. The summed E-state index contributed by atoms with van der Waals surface area (Å²) in [6, 6.07) is 8.04. The number of halogens is 3. The molecule has 0 saturated carbocycles. The Morgan fingerprint density at radius 3 is 2.47 bits per heavy atom. The number of carbonyl (C=O) groups is 1. The van der Waals surface area contributed by atoms with E-state index in [1.807, 2.05) is 13.8 Å². The van der Waals surface area contributed by atoms with E-state index in [9.17, 15) is 9.18 Å². The summed E-state index contributed by atoms with van der Waals surface area (Å²) in [5.41, 5.74) is 2.28. The van der Waals surface area contributed by atoms with Crippen molar-refractivity contribution in [2.24, 2.45) is 0 Å². The van der Waals surface area contributed by atoms with E-state index in [1.165, 1.54) is 6.07 Å². The average Bonchev–Trinajstić information content (AvgIpc) is 2.36. The lowest BCUT2D eigenvalue weighted by Crippen LogP contribution is -2.06. The highest BCUT2D eigenvalue weighted by molar-refractivity contribution is 9.10.